The van der Waals surface area contributed by atoms with Crippen LogP contribution < -0.4 is 10.6 Å². The van der Waals surface area contributed by atoms with Crippen LogP contribution in [0.15, 0.2) is 24.3 Å². The van der Waals surface area contributed by atoms with Gasteiger partial charge in [0.1, 0.15) is 5.60 Å². The van der Waals surface area contributed by atoms with Crippen molar-refractivity contribution < 1.29 is 9.53 Å². The normalized spacial score (nSPS) is 10.4. The zero-order chi connectivity index (χ0) is 15.0. The number of rotatable bonds is 3. The third-order valence-electron chi connectivity index (χ3n) is 2.33. The largest absolute Gasteiger partial charge is 0.444 e. The van der Waals surface area contributed by atoms with E-state index < -0.39 is 11.7 Å². The molecule has 0 aliphatic carbocycles. The highest BCUT2D eigenvalue weighted by atomic mass is 16.6. The van der Waals surface area contributed by atoms with Gasteiger partial charge in [0.15, 0.2) is 0 Å². The van der Waals surface area contributed by atoms with E-state index >= 15 is 0 Å². The van der Waals surface area contributed by atoms with E-state index in [4.69, 9.17) is 4.74 Å². The first kappa shape index (κ1) is 16.1. The summed E-state index contributed by atoms with van der Waals surface area (Å²) in [7, 11) is 1.90. The topological polar surface area (TPSA) is 50.4 Å². The van der Waals surface area contributed by atoms with E-state index in [1.54, 1.807) is 0 Å². The zero-order valence-electron chi connectivity index (χ0n) is 12.5. The minimum Gasteiger partial charge on any atom is -0.444 e. The first-order valence-corrected chi connectivity index (χ1v) is 6.60. The lowest BCUT2D eigenvalue weighted by atomic mass is 10.1. The molecule has 0 saturated carbocycles. The van der Waals surface area contributed by atoms with Crippen LogP contribution in [0.3, 0.4) is 0 Å². The third-order valence-corrected chi connectivity index (χ3v) is 2.33. The lowest BCUT2D eigenvalue weighted by molar-refractivity contribution is 0.0535. The second kappa shape index (κ2) is 7.56. The van der Waals surface area contributed by atoms with Crippen molar-refractivity contribution in [1.29, 1.82) is 0 Å². The molecule has 0 radical (unpaired) electrons. The second-order valence-electron chi connectivity index (χ2n) is 5.34. The van der Waals surface area contributed by atoms with Crippen molar-refractivity contribution in [3.8, 4) is 11.8 Å². The van der Waals surface area contributed by atoms with Gasteiger partial charge in [-0.15, -0.1) is 0 Å². The second-order valence-corrected chi connectivity index (χ2v) is 5.34. The molecule has 1 rings (SSSR count). The average molecular weight is 274 g/mol. The van der Waals surface area contributed by atoms with Gasteiger partial charge in [-0.05, 0) is 39.4 Å². The van der Waals surface area contributed by atoms with Crippen LogP contribution in [0, 0.1) is 11.8 Å². The van der Waals surface area contributed by atoms with Crippen LogP contribution in [0.25, 0.3) is 0 Å². The Morgan fingerprint density at radius 2 is 2.00 bits per heavy atom. The molecule has 0 spiro atoms. The molecule has 0 fully saturated rings. The highest BCUT2D eigenvalue weighted by Gasteiger charge is 2.14. The van der Waals surface area contributed by atoms with Crippen LogP contribution in [0.5, 0.6) is 0 Å². The quantitative estimate of drug-likeness (QED) is 0.831. The highest BCUT2D eigenvalue weighted by molar-refractivity contribution is 5.68. The Morgan fingerprint density at radius 1 is 1.30 bits per heavy atom. The van der Waals surface area contributed by atoms with E-state index in [1.807, 2.05) is 52.1 Å². The van der Waals surface area contributed by atoms with Crippen molar-refractivity contribution in [3.63, 3.8) is 0 Å². The fourth-order valence-corrected chi connectivity index (χ4v) is 1.56. The van der Waals surface area contributed by atoms with E-state index in [1.165, 1.54) is 0 Å². The van der Waals surface area contributed by atoms with Crippen molar-refractivity contribution in [1.82, 2.24) is 10.6 Å². The number of nitrogens with one attached hydrogen (secondary N) is 2. The molecular formula is C16H22N2O2. The molecule has 0 aliphatic rings. The monoisotopic (exact) mass is 274 g/mol. The Labute approximate surface area is 120 Å². The van der Waals surface area contributed by atoms with E-state index in [0.717, 1.165) is 17.7 Å². The van der Waals surface area contributed by atoms with E-state index in [-0.39, 0.29) is 6.54 Å². The predicted molar refractivity (Wildman–Crippen MR) is 80.3 cm³/mol. The fourth-order valence-electron chi connectivity index (χ4n) is 1.56. The first-order valence-electron chi connectivity index (χ1n) is 6.60. The molecule has 20 heavy (non-hydrogen) atoms. The molecule has 1 aromatic carbocycles. The van der Waals surface area contributed by atoms with Gasteiger partial charge < -0.3 is 15.4 Å². The average Bonchev–Trinajstić information content (AvgIpc) is 2.34. The maximum Gasteiger partial charge on any atom is 0.408 e. The molecule has 0 atom stereocenters. The Morgan fingerprint density at radius 3 is 2.65 bits per heavy atom. The van der Waals surface area contributed by atoms with Gasteiger partial charge in [-0.3, -0.25) is 0 Å². The molecule has 0 unspecified atom stereocenters. The summed E-state index contributed by atoms with van der Waals surface area (Å²) >= 11 is 0. The summed E-state index contributed by atoms with van der Waals surface area (Å²) in [5, 5.41) is 5.71. The first-order chi connectivity index (χ1) is 9.42. The SMILES string of the molecule is CNCc1ccccc1C#CCNC(=O)OC(C)(C)C. The number of ether oxygens (including phenoxy) is 1. The van der Waals surface area contributed by atoms with Gasteiger partial charge in [0.25, 0.3) is 0 Å². The summed E-state index contributed by atoms with van der Waals surface area (Å²) in [5.41, 5.74) is 1.62. The Kier molecular flexibility index (Phi) is 6.08. The number of benzene rings is 1. The van der Waals surface area contributed by atoms with Crippen molar-refractivity contribution >= 4 is 6.09 Å². The molecule has 108 valence electrons. The van der Waals surface area contributed by atoms with Crippen LogP contribution in [0.2, 0.25) is 0 Å². The summed E-state index contributed by atoms with van der Waals surface area (Å²) in [6.07, 6.45) is -0.449. The maximum atomic E-state index is 11.4. The van der Waals surface area contributed by atoms with Crippen molar-refractivity contribution in [2.75, 3.05) is 13.6 Å². The molecule has 4 heteroatoms. The van der Waals surface area contributed by atoms with Gasteiger partial charge >= 0.3 is 6.09 Å². The van der Waals surface area contributed by atoms with Crippen LogP contribution in [0.1, 0.15) is 31.9 Å². The lowest BCUT2D eigenvalue weighted by Crippen LogP contribution is -2.32. The van der Waals surface area contributed by atoms with Crippen LogP contribution in [-0.2, 0) is 11.3 Å². The molecule has 0 heterocycles. The smallest absolute Gasteiger partial charge is 0.408 e. The number of alkyl carbamates (subject to hydrolysis) is 1. The van der Waals surface area contributed by atoms with Gasteiger partial charge in [-0.1, -0.05) is 30.0 Å². The van der Waals surface area contributed by atoms with Crippen molar-refractivity contribution in [3.05, 3.63) is 35.4 Å². The summed E-state index contributed by atoms with van der Waals surface area (Å²) in [6, 6.07) is 7.93. The van der Waals surface area contributed by atoms with Crippen molar-refractivity contribution in [2.24, 2.45) is 0 Å². The molecule has 0 saturated heterocycles. The molecule has 0 aliphatic heterocycles. The van der Waals surface area contributed by atoms with E-state index in [9.17, 15) is 4.79 Å². The number of hydrogen-bond acceptors (Lipinski definition) is 3. The Hall–Kier alpha value is -1.99. The molecule has 0 bridgehead atoms. The Balaban J connectivity index is 2.53. The minimum absolute atomic E-state index is 0.267. The predicted octanol–water partition coefficient (Wildman–Crippen LogP) is 2.28. The summed E-state index contributed by atoms with van der Waals surface area (Å²) < 4.78 is 5.12. The lowest BCUT2D eigenvalue weighted by Gasteiger charge is -2.19. The van der Waals surface area contributed by atoms with Crippen LogP contribution >= 0.6 is 0 Å². The van der Waals surface area contributed by atoms with Crippen LogP contribution in [-0.4, -0.2) is 25.3 Å². The highest BCUT2D eigenvalue weighted by Crippen LogP contribution is 2.07. The van der Waals surface area contributed by atoms with Gasteiger partial charge in [-0.2, -0.15) is 0 Å². The maximum absolute atomic E-state index is 11.4. The number of carbonyl (C=O) groups is 1. The molecule has 1 aromatic rings. The summed E-state index contributed by atoms with van der Waals surface area (Å²) in [5.74, 6) is 5.98. The third kappa shape index (κ3) is 6.26. The summed E-state index contributed by atoms with van der Waals surface area (Å²) in [6.45, 7) is 6.51. The van der Waals surface area contributed by atoms with Gasteiger partial charge in [0, 0.05) is 12.1 Å². The number of hydrogen-bond donors (Lipinski definition) is 2. The zero-order valence-corrected chi connectivity index (χ0v) is 12.5. The Bertz CT molecular complexity index is 507. The molecule has 1 amide bonds. The van der Waals surface area contributed by atoms with E-state index in [2.05, 4.69) is 22.5 Å². The van der Waals surface area contributed by atoms with Gasteiger partial charge in [-0.25, -0.2) is 4.79 Å². The molecule has 4 nitrogen and oxygen atoms in total. The van der Waals surface area contributed by atoms with E-state index in [0.29, 0.717) is 0 Å². The van der Waals surface area contributed by atoms with Gasteiger partial charge in [0.05, 0.1) is 6.54 Å². The van der Waals surface area contributed by atoms with Crippen LogP contribution in [0.4, 0.5) is 4.79 Å². The molecule has 0 aromatic heterocycles. The molecular weight excluding hydrogens is 252 g/mol. The fraction of sp³-hybridized carbons (Fsp3) is 0.438. The standard InChI is InChI=1S/C16H22N2O2/c1-16(2,3)20-15(19)18-11-7-10-13-8-5-6-9-14(13)12-17-4/h5-6,8-9,17H,11-12H2,1-4H3,(H,18,19). The number of amides is 1. The number of carbonyl (C=O) groups excluding carboxylic acids is 1. The minimum atomic E-state index is -0.489. The van der Waals surface area contributed by atoms with Crippen molar-refractivity contribution in [2.45, 2.75) is 32.9 Å². The summed E-state index contributed by atoms with van der Waals surface area (Å²) in [4.78, 5) is 11.4. The molecule has 2 N–H and O–H groups in total. The van der Waals surface area contributed by atoms with Gasteiger partial charge in [0.2, 0.25) is 0 Å².